The van der Waals surface area contributed by atoms with Gasteiger partial charge in [0.05, 0.1) is 0 Å². The zero-order valence-corrected chi connectivity index (χ0v) is 12.9. The molecule has 0 aromatic carbocycles. The molecule has 3 rings (SSSR count). The smallest absolute Gasteiger partial charge is 0.185 e. The highest BCUT2D eigenvalue weighted by Gasteiger charge is 2.35. The Balaban J connectivity index is 1.75. The minimum absolute atomic E-state index is 0.398. The van der Waals surface area contributed by atoms with E-state index in [0.717, 1.165) is 12.6 Å². The number of nitrogens with one attached hydrogen (secondary N) is 1. The van der Waals surface area contributed by atoms with Crippen LogP contribution >= 0.6 is 11.3 Å². The molecule has 19 heavy (non-hydrogen) atoms. The molecule has 4 nitrogen and oxygen atoms in total. The maximum atomic E-state index is 4.66. The zero-order valence-electron chi connectivity index (χ0n) is 12.1. The van der Waals surface area contributed by atoms with Crippen LogP contribution in [0.15, 0.2) is 6.20 Å². The second kappa shape index (κ2) is 5.38. The molecule has 3 heterocycles. The normalized spacial score (nSPS) is 29.5. The molecule has 2 fully saturated rings. The number of anilines is 1. The van der Waals surface area contributed by atoms with E-state index in [0.29, 0.717) is 12.1 Å². The van der Waals surface area contributed by atoms with Crippen LogP contribution in [0.25, 0.3) is 0 Å². The lowest BCUT2D eigenvalue weighted by Crippen LogP contribution is -2.55. The van der Waals surface area contributed by atoms with Crippen LogP contribution in [0.5, 0.6) is 0 Å². The van der Waals surface area contributed by atoms with Gasteiger partial charge in [0, 0.05) is 42.3 Å². The molecule has 0 amide bonds. The molecule has 2 aliphatic heterocycles. The summed E-state index contributed by atoms with van der Waals surface area (Å²) in [5, 5.41) is 4.49. The van der Waals surface area contributed by atoms with Crippen molar-refractivity contribution in [1.82, 2.24) is 15.2 Å². The number of hydrogen-bond donors (Lipinski definition) is 1. The topological polar surface area (TPSA) is 31.4 Å². The van der Waals surface area contributed by atoms with Crippen LogP contribution in [0.2, 0.25) is 0 Å². The van der Waals surface area contributed by atoms with Gasteiger partial charge in [0.25, 0.3) is 0 Å². The lowest BCUT2D eigenvalue weighted by atomic mass is 10.1. The van der Waals surface area contributed by atoms with E-state index in [-0.39, 0.29) is 0 Å². The number of rotatable bonds is 3. The minimum atomic E-state index is 0.398. The van der Waals surface area contributed by atoms with Crippen LogP contribution in [0.4, 0.5) is 5.13 Å². The summed E-state index contributed by atoms with van der Waals surface area (Å²) in [7, 11) is 2.00. The average Bonchev–Trinajstić information content (AvgIpc) is 3.04. The van der Waals surface area contributed by atoms with Crippen LogP contribution < -0.4 is 10.2 Å². The van der Waals surface area contributed by atoms with Crippen molar-refractivity contribution < 1.29 is 0 Å². The van der Waals surface area contributed by atoms with Crippen molar-refractivity contribution in [3.63, 3.8) is 0 Å². The molecule has 106 valence electrons. The third kappa shape index (κ3) is 2.51. The van der Waals surface area contributed by atoms with Crippen molar-refractivity contribution >= 4 is 16.5 Å². The number of aromatic nitrogens is 1. The van der Waals surface area contributed by atoms with Gasteiger partial charge >= 0.3 is 0 Å². The van der Waals surface area contributed by atoms with Gasteiger partial charge in [-0.3, -0.25) is 4.90 Å². The molecule has 0 saturated carbocycles. The number of piperazine rings is 1. The molecular formula is C14H24N4S. The third-order valence-electron chi connectivity index (χ3n) is 4.55. The van der Waals surface area contributed by atoms with Crippen molar-refractivity contribution in [3.05, 3.63) is 11.1 Å². The first kappa shape index (κ1) is 13.3. The molecule has 0 spiro atoms. The van der Waals surface area contributed by atoms with Gasteiger partial charge in [0.2, 0.25) is 0 Å². The maximum absolute atomic E-state index is 4.66. The first-order valence-electron chi connectivity index (χ1n) is 7.32. The van der Waals surface area contributed by atoms with Gasteiger partial charge in [-0.25, -0.2) is 4.98 Å². The highest BCUT2D eigenvalue weighted by molar-refractivity contribution is 7.15. The van der Waals surface area contributed by atoms with Crippen LogP contribution in [0.1, 0.15) is 37.6 Å². The van der Waals surface area contributed by atoms with E-state index in [2.05, 4.69) is 33.9 Å². The first-order chi connectivity index (χ1) is 9.19. The summed E-state index contributed by atoms with van der Waals surface area (Å²) < 4.78 is 0. The third-order valence-corrected chi connectivity index (χ3v) is 5.77. The molecule has 0 radical (unpaired) electrons. The molecule has 0 bridgehead atoms. The van der Waals surface area contributed by atoms with E-state index in [9.17, 15) is 0 Å². The van der Waals surface area contributed by atoms with Gasteiger partial charge in [-0.05, 0) is 40.3 Å². The molecule has 0 aliphatic carbocycles. The van der Waals surface area contributed by atoms with Crippen molar-refractivity contribution in [3.8, 4) is 0 Å². The van der Waals surface area contributed by atoms with Gasteiger partial charge in [0.15, 0.2) is 5.13 Å². The fourth-order valence-electron chi connectivity index (χ4n) is 3.21. The second-order valence-electron chi connectivity index (χ2n) is 5.85. The molecule has 2 saturated heterocycles. The van der Waals surface area contributed by atoms with Gasteiger partial charge in [-0.2, -0.15) is 0 Å². The van der Waals surface area contributed by atoms with E-state index in [1.165, 1.54) is 35.9 Å². The lowest BCUT2D eigenvalue weighted by molar-refractivity contribution is 0.203. The van der Waals surface area contributed by atoms with Crippen LogP contribution in [0, 0.1) is 0 Å². The zero-order chi connectivity index (χ0) is 13.4. The number of nitrogens with zero attached hydrogens (tertiary/aromatic N) is 3. The summed E-state index contributed by atoms with van der Waals surface area (Å²) in [5.74, 6) is 0. The van der Waals surface area contributed by atoms with E-state index in [1.807, 2.05) is 24.6 Å². The highest BCUT2D eigenvalue weighted by Crippen LogP contribution is 2.32. The highest BCUT2D eigenvalue weighted by atomic mass is 32.1. The van der Waals surface area contributed by atoms with Crippen LogP contribution in [0.3, 0.4) is 0 Å². The quantitative estimate of drug-likeness (QED) is 0.919. The van der Waals surface area contributed by atoms with Crippen molar-refractivity contribution in [2.24, 2.45) is 0 Å². The predicted molar refractivity (Wildman–Crippen MR) is 81.0 cm³/mol. The van der Waals surface area contributed by atoms with E-state index in [1.54, 1.807) is 0 Å². The second-order valence-corrected chi connectivity index (χ2v) is 6.89. The summed E-state index contributed by atoms with van der Waals surface area (Å²) in [4.78, 5) is 11.2. The van der Waals surface area contributed by atoms with E-state index >= 15 is 0 Å². The first-order valence-corrected chi connectivity index (χ1v) is 8.14. The molecule has 1 aromatic rings. The summed E-state index contributed by atoms with van der Waals surface area (Å²) in [5.41, 5.74) is 0. The van der Waals surface area contributed by atoms with Gasteiger partial charge in [-0.15, -0.1) is 11.3 Å². The Labute approximate surface area is 119 Å². The summed E-state index contributed by atoms with van der Waals surface area (Å²) >= 11 is 1.84. The van der Waals surface area contributed by atoms with Crippen LogP contribution in [-0.2, 0) is 0 Å². The monoisotopic (exact) mass is 280 g/mol. The largest absolute Gasteiger partial charge is 0.343 e. The fourth-order valence-corrected chi connectivity index (χ4v) is 4.29. The van der Waals surface area contributed by atoms with Gasteiger partial charge in [-0.1, -0.05) is 0 Å². The fraction of sp³-hybridized carbons (Fsp3) is 0.786. The summed E-state index contributed by atoms with van der Waals surface area (Å²) in [6.07, 6.45) is 4.76. The van der Waals surface area contributed by atoms with Gasteiger partial charge < -0.3 is 10.2 Å². The molecule has 5 heteroatoms. The van der Waals surface area contributed by atoms with Gasteiger partial charge in [0.1, 0.15) is 0 Å². The SMILES string of the molecule is CNC(C)c1cnc(N2CC3CCCN3CC2C)s1. The Morgan fingerprint density at radius 3 is 3.11 bits per heavy atom. The van der Waals surface area contributed by atoms with Crippen molar-refractivity contribution in [2.75, 3.05) is 31.6 Å². The molecular weight excluding hydrogens is 256 g/mol. The van der Waals surface area contributed by atoms with E-state index in [4.69, 9.17) is 0 Å². The van der Waals surface area contributed by atoms with Crippen molar-refractivity contribution in [1.29, 1.82) is 0 Å². The maximum Gasteiger partial charge on any atom is 0.185 e. The lowest BCUT2D eigenvalue weighted by Gasteiger charge is -2.42. The molecule has 1 N–H and O–H groups in total. The average molecular weight is 280 g/mol. The molecule has 3 unspecified atom stereocenters. The molecule has 1 aromatic heterocycles. The Bertz CT molecular complexity index is 433. The Morgan fingerprint density at radius 1 is 1.47 bits per heavy atom. The van der Waals surface area contributed by atoms with Crippen LogP contribution in [-0.4, -0.2) is 48.6 Å². The minimum Gasteiger partial charge on any atom is -0.343 e. The number of hydrogen-bond acceptors (Lipinski definition) is 5. The summed E-state index contributed by atoms with van der Waals surface area (Å²) in [6.45, 7) is 8.17. The molecule has 3 atom stereocenters. The predicted octanol–water partition coefficient (Wildman–Crippen LogP) is 2.10. The number of thiazole rings is 1. The Hall–Kier alpha value is -0.650. The standard InChI is InChI=1S/C14H24N4S/c1-10-8-17-6-4-5-12(17)9-18(10)14-16-7-13(19-14)11(2)15-3/h7,10-12,15H,4-6,8-9H2,1-3H3. The van der Waals surface area contributed by atoms with Crippen molar-refractivity contribution in [2.45, 2.75) is 44.8 Å². The van der Waals surface area contributed by atoms with E-state index < -0.39 is 0 Å². The molecule has 2 aliphatic rings. The Kier molecular flexibility index (Phi) is 3.78. The Morgan fingerprint density at radius 2 is 2.32 bits per heavy atom. The summed E-state index contributed by atoms with van der Waals surface area (Å²) in [6, 6.07) is 1.73. The number of fused-ring (bicyclic) bond motifs is 1.